The minimum absolute atomic E-state index is 0.203. The molecule has 24 heavy (non-hydrogen) atoms. The lowest BCUT2D eigenvalue weighted by Crippen LogP contribution is -2.36. The summed E-state index contributed by atoms with van der Waals surface area (Å²) < 4.78 is 5.90. The molecule has 0 spiro atoms. The first kappa shape index (κ1) is 14.2. The van der Waals surface area contributed by atoms with Gasteiger partial charge in [-0.15, -0.1) is 0 Å². The SMILES string of the molecule is O=C(NNc1ncccn1)C1c2ccccc2Oc2ccccc21. The van der Waals surface area contributed by atoms with Crippen molar-refractivity contribution in [2.24, 2.45) is 0 Å². The number of carbonyl (C=O) groups excluding carboxylic acids is 1. The molecule has 0 saturated heterocycles. The van der Waals surface area contributed by atoms with E-state index in [-0.39, 0.29) is 5.91 Å². The van der Waals surface area contributed by atoms with Crippen LogP contribution in [0.2, 0.25) is 0 Å². The van der Waals surface area contributed by atoms with Crippen LogP contribution >= 0.6 is 0 Å². The normalized spacial score (nSPS) is 12.5. The number of carbonyl (C=O) groups is 1. The van der Waals surface area contributed by atoms with E-state index in [0.29, 0.717) is 17.4 Å². The third kappa shape index (κ3) is 2.54. The molecule has 0 unspecified atom stereocenters. The molecule has 4 rings (SSSR count). The molecular weight excluding hydrogens is 304 g/mol. The van der Waals surface area contributed by atoms with Gasteiger partial charge >= 0.3 is 0 Å². The van der Waals surface area contributed by atoms with E-state index < -0.39 is 5.92 Å². The maximum absolute atomic E-state index is 12.8. The summed E-state index contributed by atoms with van der Waals surface area (Å²) >= 11 is 0. The summed E-state index contributed by atoms with van der Waals surface area (Å²) in [6.45, 7) is 0. The number of fused-ring (bicyclic) bond motifs is 2. The number of benzene rings is 2. The lowest BCUT2D eigenvalue weighted by atomic mass is 9.87. The Morgan fingerprint density at radius 2 is 1.46 bits per heavy atom. The lowest BCUT2D eigenvalue weighted by Gasteiger charge is -2.27. The smallest absolute Gasteiger partial charge is 0.250 e. The lowest BCUT2D eigenvalue weighted by molar-refractivity contribution is -0.121. The third-order valence-corrected chi connectivity index (χ3v) is 3.81. The number of nitrogens with zero attached hydrogens (tertiary/aromatic N) is 2. The van der Waals surface area contributed by atoms with Crippen LogP contribution in [0.15, 0.2) is 67.0 Å². The summed E-state index contributed by atoms with van der Waals surface area (Å²) in [6.07, 6.45) is 3.20. The Morgan fingerprint density at radius 1 is 0.875 bits per heavy atom. The Kier molecular flexibility index (Phi) is 3.55. The number of rotatable bonds is 3. The molecule has 1 amide bonds. The number of aromatic nitrogens is 2. The highest BCUT2D eigenvalue weighted by atomic mass is 16.5. The van der Waals surface area contributed by atoms with Crippen LogP contribution in [0.25, 0.3) is 0 Å². The first-order valence-corrected chi connectivity index (χ1v) is 7.51. The highest BCUT2D eigenvalue weighted by Gasteiger charge is 2.32. The van der Waals surface area contributed by atoms with Crippen molar-refractivity contribution in [1.82, 2.24) is 15.4 Å². The summed E-state index contributed by atoms with van der Waals surface area (Å²) in [6, 6.07) is 16.8. The second-order valence-electron chi connectivity index (χ2n) is 5.30. The molecule has 2 N–H and O–H groups in total. The molecule has 0 saturated carbocycles. The molecule has 1 aliphatic rings. The quantitative estimate of drug-likeness (QED) is 0.726. The summed E-state index contributed by atoms with van der Waals surface area (Å²) in [7, 11) is 0. The minimum Gasteiger partial charge on any atom is -0.457 e. The Labute approximate surface area is 138 Å². The molecule has 1 aliphatic heterocycles. The topological polar surface area (TPSA) is 76.1 Å². The van der Waals surface area contributed by atoms with Crippen molar-refractivity contribution in [1.29, 1.82) is 0 Å². The van der Waals surface area contributed by atoms with Crippen molar-refractivity contribution in [3.63, 3.8) is 0 Å². The Hall–Kier alpha value is -3.41. The van der Waals surface area contributed by atoms with Gasteiger partial charge in [0.1, 0.15) is 11.5 Å². The van der Waals surface area contributed by atoms with Crippen molar-refractivity contribution in [2.45, 2.75) is 5.92 Å². The van der Waals surface area contributed by atoms with Crippen LogP contribution in [-0.4, -0.2) is 15.9 Å². The van der Waals surface area contributed by atoms with Crippen LogP contribution < -0.4 is 15.6 Å². The van der Waals surface area contributed by atoms with Crippen LogP contribution in [0.3, 0.4) is 0 Å². The molecule has 0 bridgehead atoms. The van der Waals surface area contributed by atoms with Gasteiger partial charge in [0, 0.05) is 23.5 Å². The summed E-state index contributed by atoms with van der Waals surface area (Å²) in [5.74, 6) is 1.03. The van der Waals surface area contributed by atoms with Gasteiger partial charge < -0.3 is 4.74 Å². The maximum Gasteiger partial charge on any atom is 0.250 e. The molecule has 118 valence electrons. The van der Waals surface area contributed by atoms with Crippen molar-refractivity contribution >= 4 is 11.9 Å². The first-order valence-electron chi connectivity index (χ1n) is 7.51. The molecule has 2 aromatic carbocycles. The average molecular weight is 318 g/mol. The second kappa shape index (κ2) is 6.00. The zero-order chi connectivity index (χ0) is 16.4. The van der Waals surface area contributed by atoms with Gasteiger partial charge in [0.05, 0.1) is 5.92 Å². The van der Waals surface area contributed by atoms with E-state index in [4.69, 9.17) is 4.74 Å². The highest BCUT2D eigenvalue weighted by molar-refractivity contribution is 5.90. The van der Waals surface area contributed by atoms with Gasteiger partial charge in [-0.2, -0.15) is 0 Å². The van der Waals surface area contributed by atoms with Gasteiger partial charge in [0.25, 0.3) is 5.91 Å². The van der Waals surface area contributed by atoms with E-state index in [1.807, 2.05) is 48.5 Å². The molecule has 3 aromatic rings. The molecule has 0 atom stereocenters. The van der Waals surface area contributed by atoms with Crippen LogP contribution in [0.5, 0.6) is 11.5 Å². The fraction of sp³-hybridized carbons (Fsp3) is 0.0556. The molecule has 0 aliphatic carbocycles. The molecule has 0 fully saturated rings. The highest BCUT2D eigenvalue weighted by Crippen LogP contribution is 2.43. The van der Waals surface area contributed by atoms with Crippen molar-refractivity contribution < 1.29 is 9.53 Å². The van der Waals surface area contributed by atoms with E-state index >= 15 is 0 Å². The third-order valence-electron chi connectivity index (χ3n) is 3.81. The van der Waals surface area contributed by atoms with E-state index in [2.05, 4.69) is 20.8 Å². The number of ether oxygens (including phenoxy) is 1. The Balaban J connectivity index is 1.65. The predicted molar refractivity (Wildman–Crippen MR) is 88.6 cm³/mol. The monoisotopic (exact) mass is 318 g/mol. The minimum atomic E-state index is -0.470. The summed E-state index contributed by atoms with van der Waals surface area (Å²) in [4.78, 5) is 20.9. The molecule has 1 aromatic heterocycles. The predicted octanol–water partition coefficient (Wildman–Crippen LogP) is 2.86. The number of nitrogens with one attached hydrogen (secondary N) is 2. The van der Waals surface area contributed by atoms with Crippen LogP contribution in [0.1, 0.15) is 17.0 Å². The van der Waals surface area contributed by atoms with Crippen molar-refractivity contribution in [3.8, 4) is 11.5 Å². The molecule has 6 heteroatoms. The van der Waals surface area contributed by atoms with Gasteiger partial charge in [0.15, 0.2) is 0 Å². The van der Waals surface area contributed by atoms with Gasteiger partial charge in [-0.3, -0.25) is 15.6 Å². The summed E-state index contributed by atoms with van der Waals surface area (Å²) in [5, 5.41) is 0. The van der Waals surface area contributed by atoms with Crippen LogP contribution in [0, 0.1) is 0 Å². The second-order valence-corrected chi connectivity index (χ2v) is 5.30. The fourth-order valence-corrected chi connectivity index (χ4v) is 2.75. The summed E-state index contributed by atoms with van der Waals surface area (Å²) in [5.41, 5.74) is 7.07. The maximum atomic E-state index is 12.8. The molecule has 0 radical (unpaired) electrons. The Morgan fingerprint density at radius 3 is 2.08 bits per heavy atom. The standard InChI is InChI=1S/C18H14N4O2/c23-17(21-22-18-19-10-5-11-20-18)16-12-6-1-3-8-14(12)24-15-9-4-2-7-13(15)16/h1-11,16H,(H,21,23)(H,19,20,22). The Bertz CT molecular complexity index is 837. The number of para-hydroxylation sites is 2. The zero-order valence-corrected chi connectivity index (χ0v) is 12.6. The number of hydrazine groups is 1. The van der Waals surface area contributed by atoms with E-state index in [1.165, 1.54) is 0 Å². The van der Waals surface area contributed by atoms with Gasteiger partial charge in [-0.1, -0.05) is 36.4 Å². The number of amides is 1. The van der Waals surface area contributed by atoms with Crippen LogP contribution in [0.4, 0.5) is 5.95 Å². The van der Waals surface area contributed by atoms with Crippen molar-refractivity contribution in [3.05, 3.63) is 78.1 Å². The van der Waals surface area contributed by atoms with E-state index in [1.54, 1.807) is 18.5 Å². The first-order chi connectivity index (χ1) is 11.8. The van der Waals surface area contributed by atoms with Gasteiger partial charge in [-0.25, -0.2) is 9.97 Å². The van der Waals surface area contributed by atoms with Crippen molar-refractivity contribution in [2.75, 3.05) is 5.43 Å². The van der Waals surface area contributed by atoms with Gasteiger partial charge in [-0.05, 0) is 18.2 Å². The largest absolute Gasteiger partial charge is 0.457 e. The van der Waals surface area contributed by atoms with E-state index in [9.17, 15) is 4.79 Å². The average Bonchev–Trinajstić information content (AvgIpc) is 2.65. The molecular formula is C18H14N4O2. The zero-order valence-electron chi connectivity index (χ0n) is 12.6. The fourth-order valence-electron chi connectivity index (χ4n) is 2.75. The molecule has 6 nitrogen and oxygen atoms in total. The molecule has 2 heterocycles. The van der Waals surface area contributed by atoms with Gasteiger partial charge in [0.2, 0.25) is 5.95 Å². The number of hydrogen-bond acceptors (Lipinski definition) is 5. The van der Waals surface area contributed by atoms with Crippen LogP contribution in [-0.2, 0) is 4.79 Å². The number of anilines is 1. The number of hydrogen-bond donors (Lipinski definition) is 2. The van der Waals surface area contributed by atoms with E-state index in [0.717, 1.165) is 11.1 Å².